The summed E-state index contributed by atoms with van der Waals surface area (Å²) < 4.78 is 0. The molecule has 0 spiro atoms. The van der Waals surface area contributed by atoms with Crippen LogP contribution in [0.3, 0.4) is 0 Å². The van der Waals surface area contributed by atoms with Gasteiger partial charge in [0.05, 0.1) is 12.4 Å². The van der Waals surface area contributed by atoms with E-state index in [-0.39, 0.29) is 11.9 Å². The minimum Gasteiger partial charge on any atom is -0.349 e. The van der Waals surface area contributed by atoms with Crippen molar-refractivity contribution in [1.29, 1.82) is 0 Å². The lowest BCUT2D eigenvalue weighted by Gasteiger charge is -2.27. The molecule has 5 nitrogen and oxygen atoms in total. The van der Waals surface area contributed by atoms with Crippen LogP contribution < -0.4 is 10.2 Å². The third kappa shape index (κ3) is 4.94. The van der Waals surface area contributed by atoms with Gasteiger partial charge in [0.2, 0.25) is 0 Å². The predicted molar refractivity (Wildman–Crippen MR) is 114 cm³/mol. The van der Waals surface area contributed by atoms with Gasteiger partial charge in [-0.3, -0.25) is 4.79 Å². The number of rotatable bonds is 6. The van der Waals surface area contributed by atoms with Crippen molar-refractivity contribution in [3.8, 4) is 0 Å². The monoisotopic (exact) mass is 374 g/mol. The van der Waals surface area contributed by atoms with Crippen LogP contribution in [-0.4, -0.2) is 21.9 Å². The number of aryl methyl sites for hydroxylation is 2. The molecule has 0 radical (unpaired) electrons. The van der Waals surface area contributed by atoms with Gasteiger partial charge in [0.25, 0.3) is 5.91 Å². The number of nitrogens with one attached hydrogen (secondary N) is 1. The van der Waals surface area contributed by atoms with Crippen molar-refractivity contribution in [3.05, 3.63) is 83.3 Å². The van der Waals surface area contributed by atoms with Gasteiger partial charge in [0.1, 0.15) is 11.5 Å². The average Bonchev–Trinajstić information content (AvgIpc) is 2.66. The van der Waals surface area contributed by atoms with Crippen molar-refractivity contribution in [2.75, 3.05) is 10.2 Å². The summed E-state index contributed by atoms with van der Waals surface area (Å²) in [7, 11) is 0. The summed E-state index contributed by atoms with van der Waals surface area (Å²) in [6.07, 6.45) is 3.20. The third-order valence-corrected chi connectivity index (χ3v) is 4.46. The van der Waals surface area contributed by atoms with Gasteiger partial charge in [0, 0.05) is 18.3 Å². The van der Waals surface area contributed by atoms with E-state index >= 15 is 0 Å². The summed E-state index contributed by atoms with van der Waals surface area (Å²) in [5, 5.41) is 2.90. The summed E-state index contributed by atoms with van der Waals surface area (Å²) in [6, 6.07) is 16.4. The fourth-order valence-electron chi connectivity index (χ4n) is 3.14. The van der Waals surface area contributed by atoms with Gasteiger partial charge in [-0.2, -0.15) is 0 Å². The Kier molecular flexibility index (Phi) is 6.04. The quantitative estimate of drug-likeness (QED) is 0.676. The first-order chi connectivity index (χ1) is 13.4. The smallest absolute Gasteiger partial charge is 0.275 e. The van der Waals surface area contributed by atoms with Crippen LogP contribution in [0.4, 0.5) is 11.5 Å². The number of carbonyl (C=O) groups is 1. The molecule has 0 saturated carbocycles. The Bertz CT molecular complexity index is 916. The molecule has 1 heterocycles. The molecule has 0 aliphatic carbocycles. The van der Waals surface area contributed by atoms with Crippen molar-refractivity contribution in [3.63, 3.8) is 0 Å². The number of carbonyl (C=O) groups excluding carboxylic acids is 1. The molecular formula is C23H26N4O. The highest BCUT2D eigenvalue weighted by atomic mass is 16.1. The van der Waals surface area contributed by atoms with Crippen LogP contribution in [0.1, 0.15) is 41.0 Å². The van der Waals surface area contributed by atoms with E-state index in [1.165, 1.54) is 11.8 Å². The van der Waals surface area contributed by atoms with Crippen LogP contribution >= 0.6 is 0 Å². The number of aromatic nitrogens is 2. The second kappa shape index (κ2) is 8.65. The van der Waals surface area contributed by atoms with Crippen LogP contribution in [0, 0.1) is 13.8 Å². The molecule has 1 amide bonds. The zero-order valence-electron chi connectivity index (χ0n) is 16.8. The first-order valence-corrected chi connectivity index (χ1v) is 9.44. The molecule has 1 aromatic heterocycles. The predicted octanol–water partition coefficient (Wildman–Crippen LogP) is 4.76. The molecule has 3 aromatic rings. The Morgan fingerprint density at radius 2 is 1.68 bits per heavy atom. The van der Waals surface area contributed by atoms with Crippen molar-refractivity contribution < 1.29 is 4.79 Å². The zero-order chi connectivity index (χ0) is 20.1. The maximum Gasteiger partial charge on any atom is 0.275 e. The Morgan fingerprint density at radius 3 is 2.25 bits per heavy atom. The topological polar surface area (TPSA) is 58.1 Å². The lowest BCUT2D eigenvalue weighted by atomic mass is 10.1. The van der Waals surface area contributed by atoms with Crippen molar-refractivity contribution in [1.82, 2.24) is 9.97 Å². The maximum atomic E-state index is 12.5. The molecule has 5 heteroatoms. The summed E-state index contributed by atoms with van der Waals surface area (Å²) in [6.45, 7) is 8.98. The molecule has 3 rings (SSSR count). The summed E-state index contributed by atoms with van der Waals surface area (Å²) in [5.74, 6) is 0.491. The molecule has 28 heavy (non-hydrogen) atoms. The van der Waals surface area contributed by atoms with Crippen molar-refractivity contribution >= 4 is 17.4 Å². The third-order valence-electron chi connectivity index (χ3n) is 4.46. The van der Waals surface area contributed by atoms with Crippen molar-refractivity contribution in [2.45, 2.75) is 40.3 Å². The van der Waals surface area contributed by atoms with Gasteiger partial charge in [-0.25, -0.2) is 9.97 Å². The Balaban J connectivity index is 1.74. The lowest BCUT2D eigenvalue weighted by molar-refractivity contribution is 0.102. The van der Waals surface area contributed by atoms with Gasteiger partial charge >= 0.3 is 0 Å². The molecule has 1 N–H and O–H groups in total. The van der Waals surface area contributed by atoms with Gasteiger partial charge in [-0.05, 0) is 56.5 Å². The number of hydrogen-bond acceptors (Lipinski definition) is 4. The number of benzene rings is 2. The van der Waals surface area contributed by atoms with Crippen molar-refractivity contribution in [2.24, 2.45) is 0 Å². The van der Waals surface area contributed by atoms with Crippen LogP contribution in [0.5, 0.6) is 0 Å². The highest BCUT2D eigenvalue weighted by Crippen LogP contribution is 2.18. The molecule has 0 saturated heterocycles. The SMILES string of the molecule is Cc1cc(C)cc(NC(=O)c2cnc(N(Cc3ccccc3)C(C)C)cn2)c1. The van der Waals surface area contributed by atoms with E-state index in [4.69, 9.17) is 0 Å². The van der Waals surface area contributed by atoms with Gasteiger partial charge < -0.3 is 10.2 Å². The fourth-order valence-corrected chi connectivity index (χ4v) is 3.14. The van der Waals surface area contributed by atoms with E-state index in [0.717, 1.165) is 29.2 Å². The maximum absolute atomic E-state index is 12.5. The lowest BCUT2D eigenvalue weighted by Crippen LogP contribution is -2.31. The number of anilines is 2. The second-order valence-electron chi connectivity index (χ2n) is 7.30. The summed E-state index contributed by atoms with van der Waals surface area (Å²) in [5.41, 5.74) is 4.47. The molecular weight excluding hydrogens is 348 g/mol. The molecule has 0 aliphatic heterocycles. The first kappa shape index (κ1) is 19.5. The Morgan fingerprint density at radius 1 is 1.00 bits per heavy atom. The average molecular weight is 374 g/mol. The molecule has 0 atom stereocenters. The minimum atomic E-state index is -0.261. The second-order valence-corrected chi connectivity index (χ2v) is 7.30. The van der Waals surface area contributed by atoms with Crippen LogP contribution in [-0.2, 0) is 6.54 Å². The van der Waals surface area contributed by atoms with E-state index < -0.39 is 0 Å². The van der Waals surface area contributed by atoms with Gasteiger partial charge in [-0.15, -0.1) is 0 Å². The highest BCUT2D eigenvalue weighted by Gasteiger charge is 2.15. The van der Waals surface area contributed by atoms with E-state index in [1.54, 1.807) is 6.20 Å². The Hall–Kier alpha value is -3.21. The largest absolute Gasteiger partial charge is 0.349 e. The molecule has 0 aliphatic rings. The van der Waals surface area contributed by atoms with Gasteiger partial charge in [-0.1, -0.05) is 36.4 Å². The van der Waals surface area contributed by atoms with E-state index in [9.17, 15) is 4.79 Å². The fraction of sp³-hybridized carbons (Fsp3) is 0.261. The minimum absolute atomic E-state index is 0.254. The first-order valence-electron chi connectivity index (χ1n) is 9.44. The van der Waals surface area contributed by atoms with E-state index in [0.29, 0.717) is 5.69 Å². The molecule has 144 valence electrons. The molecule has 2 aromatic carbocycles. The zero-order valence-corrected chi connectivity index (χ0v) is 16.8. The van der Waals surface area contributed by atoms with Crippen LogP contribution in [0.25, 0.3) is 0 Å². The van der Waals surface area contributed by atoms with Crippen LogP contribution in [0.2, 0.25) is 0 Å². The Labute approximate surface area is 166 Å². The molecule has 0 fully saturated rings. The number of hydrogen-bond donors (Lipinski definition) is 1. The molecule has 0 unspecified atom stereocenters. The van der Waals surface area contributed by atoms with E-state index in [2.05, 4.69) is 52.2 Å². The number of amides is 1. The standard InChI is InChI=1S/C23H26N4O/c1-16(2)27(15-19-8-6-5-7-9-19)22-14-24-21(13-25-22)23(28)26-20-11-17(3)10-18(4)12-20/h5-14,16H,15H2,1-4H3,(H,26,28). The normalized spacial score (nSPS) is 10.8. The highest BCUT2D eigenvalue weighted by molar-refractivity contribution is 6.02. The van der Waals surface area contributed by atoms with E-state index in [1.807, 2.05) is 44.2 Å². The summed E-state index contributed by atoms with van der Waals surface area (Å²) in [4.78, 5) is 23.5. The summed E-state index contributed by atoms with van der Waals surface area (Å²) >= 11 is 0. The van der Waals surface area contributed by atoms with Gasteiger partial charge in [0.15, 0.2) is 0 Å². The number of nitrogens with zero attached hydrogens (tertiary/aromatic N) is 3. The molecule has 0 bridgehead atoms. The van der Waals surface area contributed by atoms with Crippen LogP contribution in [0.15, 0.2) is 60.9 Å².